The molecule has 1 unspecified atom stereocenters. The Morgan fingerprint density at radius 1 is 1.11 bits per heavy atom. The van der Waals surface area contributed by atoms with E-state index < -0.39 is 18.8 Å². The minimum atomic E-state index is -4.12. The lowest BCUT2D eigenvalue weighted by atomic mass is 10.2. The molecule has 2 aliphatic rings. The van der Waals surface area contributed by atoms with Crippen molar-refractivity contribution in [2.24, 2.45) is 0 Å². The van der Waals surface area contributed by atoms with Gasteiger partial charge in [-0.1, -0.05) is 0 Å². The topological polar surface area (TPSA) is 38.7 Å². The smallest absolute Gasteiger partial charge is 0.390 e. The van der Waals surface area contributed by atoms with E-state index in [1.165, 1.54) is 17.7 Å². The van der Waals surface area contributed by atoms with Crippen molar-refractivity contribution in [2.75, 3.05) is 45.8 Å². The van der Waals surface area contributed by atoms with E-state index in [0.717, 1.165) is 0 Å². The molecule has 0 aromatic heterocycles. The number of hydrogen-bond acceptors (Lipinski definition) is 4. The predicted octanol–water partition coefficient (Wildman–Crippen LogP) is 0.279. The van der Waals surface area contributed by atoms with Gasteiger partial charge in [-0.3, -0.25) is 9.80 Å². The van der Waals surface area contributed by atoms with Crippen LogP contribution in [0.5, 0.6) is 0 Å². The molecule has 19 heavy (non-hydrogen) atoms. The van der Waals surface area contributed by atoms with Crippen LogP contribution in [0.3, 0.4) is 0 Å². The molecule has 2 N–H and O–H groups in total. The summed E-state index contributed by atoms with van der Waals surface area (Å²) in [6.07, 6.45) is -2.18. The lowest BCUT2D eigenvalue weighted by molar-refractivity contribution is -0.149. The first-order valence-electron chi connectivity index (χ1n) is 6.85. The van der Waals surface area contributed by atoms with E-state index in [2.05, 4.69) is 5.32 Å². The summed E-state index contributed by atoms with van der Waals surface area (Å²) in [5, 5.41) is 13.1. The van der Waals surface area contributed by atoms with Crippen LogP contribution in [0.1, 0.15) is 12.8 Å². The molecular formula is C12H22F3N3O. The fraction of sp³-hybridized carbons (Fsp3) is 1.00. The highest BCUT2D eigenvalue weighted by Crippen LogP contribution is 2.19. The number of piperazine rings is 1. The molecule has 1 heterocycles. The van der Waals surface area contributed by atoms with Crippen LogP contribution in [0, 0.1) is 0 Å². The molecule has 0 bridgehead atoms. The minimum absolute atomic E-state index is 0.419. The van der Waals surface area contributed by atoms with Gasteiger partial charge in [0.25, 0.3) is 0 Å². The highest BCUT2D eigenvalue weighted by molar-refractivity contribution is 4.83. The van der Waals surface area contributed by atoms with Crippen molar-refractivity contribution >= 4 is 0 Å². The van der Waals surface area contributed by atoms with Crippen molar-refractivity contribution in [3.63, 3.8) is 0 Å². The van der Waals surface area contributed by atoms with E-state index in [0.29, 0.717) is 45.3 Å². The van der Waals surface area contributed by atoms with Gasteiger partial charge in [0.15, 0.2) is 0 Å². The van der Waals surface area contributed by atoms with Crippen LogP contribution in [0.2, 0.25) is 0 Å². The zero-order valence-electron chi connectivity index (χ0n) is 11.0. The Hall–Kier alpha value is -0.370. The van der Waals surface area contributed by atoms with Gasteiger partial charge in [0.05, 0.1) is 12.6 Å². The maximum Gasteiger partial charge on any atom is 0.401 e. The van der Waals surface area contributed by atoms with Crippen LogP contribution >= 0.6 is 0 Å². The van der Waals surface area contributed by atoms with Gasteiger partial charge in [-0.15, -0.1) is 0 Å². The maximum absolute atomic E-state index is 12.2. The van der Waals surface area contributed by atoms with Crippen LogP contribution in [-0.4, -0.2) is 79.0 Å². The first kappa shape index (κ1) is 15.0. The Kier molecular flexibility index (Phi) is 5.05. The molecule has 2 fully saturated rings. The summed E-state index contributed by atoms with van der Waals surface area (Å²) >= 11 is 0. The Morgan fingerprint density at radius 2 is 1.68 bits per heavy atom. The predicted molar refractivity (Wildman–Crippen MR) is 66.0 cm³/mol. The summed E-state index contributed by atoms with van der Waals surface area (Å²) in [5.41, 5.74) is 0. The van der Waals surface area contributed by atoms with Crippen molar-refractivity contribution in [3.05, 3.63) is 0 Å². The quantitative estimate of drug-likeness (QED) is 0.733. The summed E-state index contributed by atoms with van der Waals surface area (Å²) < 4.78 is 36.7. The van der Waals surface area contributed by atoms with Gasteiger partial charge in [-0.05, 0) is 12.8 Å². The van der Waals surface area contributed by atoms with E-state index in [-0.39, 0.29) is 0 Å². The zero-order chi connectivity index (χ0) is 13.9. The molecule has 1 aliphatic carbocycles. The highest BCUT2D eigenvalue weighted by atomic mass is 19.4. The first-order valence-corrected chi connectivity index (χ1v) is 6.85. The zero-order valence-corrected chi connectivity index (χ0v) is 11.0. The molecule has 112 valence electrons. The summed E-state index contributed by atoms with van der Waals surface area (Å²) in [7, 11) is 0. The molecule has 1 saturated carbocycles. The molecule has 1 atom stereocenters. The molecule has 0 amide bonds. The SMILES string of the molecule is OC(CNC1CC1)CN1CCN(CC(F)(F)F)CC1. The van der Waals surface area contributed by atoms with E-state index >= 15 is 0 Å². The fourth-order valence-corrected chi connectivity index (χ4v) is 2.34. The lowest BCUT2D eigenvalue weighted by Gasteiger charge is -2.35. The molecule has 0 radical (unpaired) electrons. The van der Waals surface area contributed by atoms with Gasteiger partial charge in [-0.2, -0.15) is 13.2 Å². The highest BCUT2D eigenvalue weighted by Gasteiger charge is 2.32. The number of halogens is 3. The van der Waals surface area contributed by atoms with Gasteiger partial charge in [0, 0.05) is 45.3 Å². The second-order valence-electron chi connectivity index (χ2n) is 5.53. The number of nitrogens with one attached hydrogen (secondary N) is 1. The van der Waals surface area contributed by atoms with Crippen LogP contribution in [0.25, 0.3) is 0 Å². The average Bonchev–Trinajstić information content (AvgIpc) is 3.11. The van der Waals surface area contributed by atoms with Crippen LogP contribution in [0.15, 0.2) is 0 Å². The van der Waals surface area contributed by atoms with Crippen LogP contribution in [-0.2, 0) is 0 Å². The Balaban J connectivity index is 1.59. The molecule has 7 heteroatoms. The van der Waals surface area contributed by atoms with Crippen LogP contribution < -0.4 is 5.32 Å². The molecule has 2 rings (SSSR count). The van der Waals surface area contributed by atoms with E-state index in [1.54, 1.807) is 0 Å². The minimum Gasteiger partial charge on any atom is -0.390 e. The van der Waals surface area contributed by atoms with Crippen molar-refractivity contribution < 1.29 is 18.3 Å². The average molecular weight is 281 g/mol. The summed E-state index contributed by atoms with van der Waals surface area (Å²) in [6.45, 7) is 2.32. The summed E-state index contributed by atoms with van der Waals surface area (Å²) in [4.78, 5) is 3.46. The van der Waals surface area contributed by atoms with Gasteiger partial charge in [0.1, 0.15) is 0 Å². The van der Waals surface area contributed by atoms with Crippen LogP contribution in [0.4, 0.5) is 13.2 Å². The molecule has 1 saturated heterocycles. The molecule has 0 aromatic rings. The van der Waals surface area contributed by atoms with E-state index in [1.807, 2.05) is 4.90 Å². The fourth-order valence-electron chi connectivity index (χ4n) is 2.34. The molecule has 0 aromatic carbocycles. The monoisotopic (exact) mass is 281 g/mol. The maximum atomic E-state index is 12.2. The number of aliphatic hydroxyl groups is 1. The Labute approximate surface area is 111 Å². The Bertz CT molecular complexity index is 276. The lowest BCUT2D eigenvalue weighted by Crippen LogP contribution is -2.51. The van der Waals surface area contributed by atoms with Crippen molar-refractivity contribution in [3.8, 4) is 0 Å². The third-order valence-corrected chi connectivity index (χ3v) is 3.56. The normalized spacial score (nSPS) is 24.6. The number of alkyl halides is 3. The van der Waals surface area contributed by atoms with Crippen molar-refractivity contribution in [1.29, 1.82) is 0 Å². The van der Waals surface area contributed by atoms with Gasteiger partial charge in [-0.25, -0.2) is 0 Å². The van der Waals surface area contributed by atoms with Gasteiger partial charge in [0.2, 0.25) is 0 Å². The summed E-state index contributed by atoms with van der Waals surface area (Å²) in [5.74, 6) is 0. The number of nitrogens with zero attached hydrogens (tertiary/aromatic N) is 2. The standard InChI is InChI=1S/C12H22F3N3O/c13-12(14,15)9-18-5-3-17(4-6-18)8-11(19)7-16-10-1-2-10/h10-11,16,19H,1-9H2. The molecule has 4 nitrogen and oxygen atoms in total. The van der Waals surface area contributed by atoms with Gasteiger partial charge >= 0.3 is 6.18 Å². The molecule has 1 aliphatic heterocycles. The van der Waals surface area contributed by atoms with Gasteiger partial charge < -0.3 is 10.4 Å². The third kappa shape index (κ3) is 6.07. The molecular weight excluding hydrogens is 259 g/mol. The number of β-amino-alcohol motifs (C(OH)–C–C–N with tert-alkyl or cyclic N) is 1. The molecule has 0 spiro atoms. The van der Waals surface area contributed by atoms with E-state index in [4.69, 9.17) is 0 Å². The Morgan fingerprint density at radius 3 is 2.21 bits per heavy atom. The number of hydrogen-bond donors (Lipinski definition) is 2. The van der Waals surface area contributed by atoms with E-state index in [9.17, 15) is 18.3 Å². The second kappa shape index (κ2) is 6.39. The summed E-state index contributed by atoms with van der Waals surface area (Å²) in [6, 6.07) is 0.568. The second-order valence-corrected chi connectivity index (χ2v) is 5.53. The third-order valence-electron chi connectivity index (χ3n) is 3.56. The largest absolute Gasteiger partial charge is 0.401 e. The van der Waals surface area contributed by atoms with Crippen molar-refractivity contribution in [2.45, 2.75) is 31.2 Å². The first-order chi connectivity index (χ1) is 8.92. The number of rotatable bonds is 6. The number of aliphatic hydroxyl groups excluding tert-OH is 1. The van der Waals surface area contributed by atoms with Crippen molar-refractivity contribution in [1.82, 2.24) is 15.1 Å².